The highest BCUT2D eigenvalue weighted by atomic mass is 19.1. The Balaban J connectivity index is 1.78. The predicted octanol–water partition coefficient (Wildman–Crippen LogP) is 1.74. The lowest BCUT2D eigenvalue weighted by Crippen LogP contribution is -2.42. The molecule has 0 saturated carbocycles. The second-order valence-electron chi connectivity index (χ2n) is 5.83. The summed E-state index contributed by atoms with van der Waals surface area (Å²) in [5.41, 5.74) is 0.339. The van der Waals surface area contributed by atoms with Crippen molar-refractivity contribution in [1.82, 2.24) is 14.3 Å². The van der Waals surface area contributed by atoms with Gasteiger partial charge in [0.05, 0.1) is 6.54 Å². The Kier molecular flexibility index (Phi) is 3.68. The first-order chi connectivity index (χ1) is 12.1. The van der Waals surface area contributed by atoms with Crippen LogP contribution < -0.4 is 16.0 Å². The van der Waals surface area contributed by atoms with Crippen LogP contribution in [0, 0.1) is 5.82 Å². The Morgan fingerprint density at radius 1 is 0.920 bits per heavy atom. The van der Waals surface area contributed by atoms with Gasteiger partial charge in [0, 0.05) is 18.8 Å². The maximum Gasteiger partial charge on any atom is 0.333 e. The molecule has 2 aromatic carbocycles. The van der Waals surface area contributed by atoms with Crippen LogP contribution in [-0.4, -0.2) is 20.9 Å². The van der Waals surface area contributed by atoms with Gasteiger partial charge in [0.25, 0.3) is 0 Å². The quantitative estimate of drug-likeness (QED) is 0.683. The molecule has 0 N–H and O–H groups in total. The van der Waals surface area contributed by atoms with E-state index in [0.29, 0.717) is 24.6 Å². The van der Waals surface area contributed by atoms with Gasteiger partial charge in [-0.25, -0.2) is 9.07 Å². The van der Waals surface area contributed by atoms with Crippen LogP contribution in [0.5, 0.6) is 0 Å². The third kappa shape index (κ3) is 2.73. The van der Waals surface area contributed by atoms with Crippen molar-refractivity contribution in [3.05, 3.63) is 86.7 Å². The highest BCUT2D eigenvalue weighted by Crippen LogP contribution is 2.25. The maximum atomic E-state index is 13.0. The number of rotatable bonds is 3. The Bertz CT molecular complexity index is 1030. The molecule has 4 rings (SSSR count). The van der Waals surface area contributed by atoms with E-state index in [1.54, 1.807) is 12.1 Å². The number of halogens is 1. The molecule has 1 aliphatic heterocycles. The van der Waals surface area contributed by atoms with Crippen LogP contribution in [0.2, 0.25) is 0 Å². The minimum atomic E-state index is -0.678. The number of benzene rings is 2. The Morgan fingerprint density at radius 3 is 2.36 bits per heavy atom. The summed E-state index contributed by atoms with van der Waals surface area (Å²) in [4.78, 5) is 26.6. The van der Waals surface area contributed by atoms with E-state index in [1.165, 1.54) is 16.7 Å². The number of para-hydroxylation sites is 1. The number of fused-ring (bicyclic) bond motifs is 1. The fraction of sp³-hybridized carbons (Fsp3) is 0.167. The van der Waals surface area contributed by atoms with Gasteiger partial charge in [-0.15, -0.1) is 5.10 Å². The zero-order valence-corrected chi connectivity index (χ0v) is 13.3. The van der Waals surface area contributed by atoms with E-state index in [1.807, 2.05) is 35.2 Å². The summed E-state index contributed by atoms with van der Waals surface area (Å²) in [5.74, 6) is 0.0891. The summed E-state index contributed by atoms with van der Waals surface area (Å²) in [5, 5.41) is 4.39. The molecule has 0 unspecified atom stereocenters. The molecule has 0 radical (unpaired) electrons. The largest absolute Gasteiger partial charge is 0.333 e. The molecule has 0 aliphatic carbocycles. The lowest BCUT2D eigenvalue weighted by Gasteiger charge is -2.17. The number of hydrogen-bond acceptors (Lipinski definition) is 4. The van der Waals surface area contributed by atoms with E-state index in [2.05, 4.69) is 5.10 Å². The summed E-state index contributed by atoms with van der Waals surface area (Å²) in [6.07, 6.45) is 0. The second kappa shape index (κ2) is 6.01. The molecule has 1 aromatic heterocycles. The van der Waals surface area contributed by atoms with Gasteiger partial charge < -0.3 is 4.90 Å². The average molecular weight is 338 g/mol. The van der Waals surface area contributed by atoms with E-state index in [4.69, 9.17) is 0 Å². The van der Waals surface area contributed by atoms with E-state index in [9.17, 15) is 14.0 Å². The molecule has 0 bridgehead atoms. The molecule has 2 heterocycles. The van der Waals surface area contributed by atoms with Crippen LogP contribution in [0.1, 0.15) is 5.56 Å². The zero-order chi connectivity index (χ0) is 17.4. The van der Waals surface area contributed by atoms with Crippen LogP contribution in [0.3, 0.4) is 0 Å². The van der Waals surface area contributed by atoms with Gasteiger partial charge in [-0.05, 0) is 29.8 Å². The molecule has 6 nitrogen and oxygen atoms in total. The SMILES string of the molecule is O=c1c(=O)n2c(nn1Cc1ccc(F)cc1)N(c1ccccc1)CC2. The second-order valence-corrected chi connectivity index (χ2v) is 5.83. The average Bonchev–Trinajstić information content (AvgIpc) is 3.06. The first-order valence-corrected chi connectivity index (χ1v) is 7.92. The number of aromatic nitrogens is 3. The first kappa shape index (κ1) is 15.3. The van der Waals surface area contributed by atoms with Crippen molar-refractivity contribution < 1.29 is 4.39 Å². The molecule has 126 valence electrons. The van der Waals surface area contributed by atoms with Crippen molar-refractivity contribution in [3.63, 3.8) is 0 Å². The van der Waals surface area contributed by atoms with Gasteiger partial charge in [-0.2, -0.15) is 0 Å². The molecule has 25 heavy (non-hydrogen) atoms. The fourth-order valence-electron chi connectivity index (χ4n) is 2.95. The lowest BCUT2D eigenvalue weighted by atomic mass is 10.2. The van der Waals surface area contributed by atoms with E-state index in [0.717, 1.165) is 10.4 Å². The molecule has 0 fully saturated rings. The molecule has 7 heteroatoms. The molecular weight excluding hydrogens is 323 g/mol. The van der Waals surface area contributed by atoms with Crippen LogP contribution in [0.15, 0.2) is 64.2 Å². The Labute approximate surface area is 142 Å². The number of nitrogens with zero attached hydrogens (tertiary/aromatic N) is 4. The van der Waals surface area contributed by atoms with Gasteiger partial charge in [-0.3, -0.25) is 14.2 Å². The number of anilines is 2. The molecular formula is C18H15FN4O2. The van der Waals surface area contributed by atoms with Crippen LogP contribution in [-0.2, 0) is 13.1 Å². The smallest absolute Gasteiger partial charge is 0.309 e. The summed E-state index contributed by atoms with van der Waals surface area (Å²) >= 11 is 0. The monoisotopic (exact) mass is 338 g/mol. The third-order valence-electron chi connectivity index (χ3n) is 4.22. The van der Waals surface area contributed by atoms with Crippen molar-refractivity contribution in [1.29, 1.82) is 0 Å². The summed E-state index contributed by atoms with van der Waals surface area (Å²) in [6.45, 7) is 1.11. The Hall–Kier alpha value is -3.22. The summed E-state index contributed by atoms with van der Waals surface area (Å²) in [7, 11) is 0. The van der Waals surface area contributed by atoms with Crippen LogP contribution in [0.25, 0.3) is 0 Å². The van der Waals surface area contributed by atoms with Gasteiger partial charge in [0.15, 0.2) is 0 Å². The third-order valence-corrected chi connectivity index (χ3v) is 4.22. The molecule has 0 amide bonds. The predicted molar refractivity (Wildman–Crippen MR) is 91.7 cm³/mol. The first-order valence-electron chi connectivity index (χ1n) is 7.92. The van der Waals surface area contributed by atoms with Crippen molar-refractivity contribution in [2.75, 3.05) is 11.4 Å². The van der Waals surface area contributed by atoms with Gasteiger partial charge in [0.2, 0.25) is 5.95 Å². The molecule has 0 atom stereocenters. The minimum Gasteiger partial charge on any atom is -0.309 e. The standard InChI is InChI=1S/C18H15FN4O2/c19-14-8-6-13(7-9-14)12-23-17(25)16(24)22-11-10-21(18(22)20-23)15-4-2-1-3-5-15/h1-9H,10-12H2. The lowest BCUT2D eigenvalue weighted by molar-refractivity contribution is 0.588. The summed E-state index contributed by atoms with van der Waals surface area (Å²) < 4.78 is 15.6. The fourth-order valence-corrected chi connectivity index (χ4v) is 2.95. The van der Waals surface area contributed by atoms with E-state index >= 15 is 0 Å². The zero-order valence-electron chi connectivity index (χ0n) is 13.3. The van der Waals surface area contributed by atoms with Crippen LogP contribution >= 0.6 is 0 Å². The molecule has 0 saturated heterocycles. The summed E-state index contributed by atoms with van der Waals surface area (Å²) in [6, 6.07) is 15.4. The molecule has 3 aromatic rings. The normalized spacial score (nSPS) is 13.1. The van der Waals surface area contributed by atoms with Crippen LogP contribution in [0.4, 0.5) is 16.0 Å². The minimum absolute atomic E-state index is 0.116. The van der Waals surface area contributed by atoms with Crippen molar-refractivity contribution in [3.8, 4) is 0 Å². The highest BCUT2D eigenvalue weighted by molar-refractivity contribution is 5.58. The van der Waals surface area contributed by atoms with Gasteiger partial charge in [0.1, 0.15) is 5.82 Å². The molecule has 1 aliphatic rings. The number of hydrogen-bond donors (Lipinski definition) is 0. The topological polar surface area (TPSA) is 60.1 Å². The molecule has 0 spiro atoms. The van der Waals surface area contributed by atoms with Crippen molar-refractivity contribution >= 4 is 11.6 Å². The van der Waals surface area contributed by atoms with Gasteiger partial charge >= 0.3 is 11.1 Å². The Morgan fingerprint density at radius 2 is 1.64 bits per heavy atom. The highest BCUT2D eigenvalue weighted by Gasteiger charge is 2.25. The van der Waals surface area contributed by atoms with E-state index in [-0.39, 0.29) is 12.4 Å². The van der Waals surface area contributed by atoms with E-state index < -0.39 is 11.1 Å². The van der Waals surface area contributed by atoms with Crippen molar-refractivity contribution in [2.24, 2.45) is 0 Å². The van der Waals surface area contributed by atoms with Gasteiger partial charge in [-0.1, -0.05) is 30.3 Å². The maximum absolute atomic E-state index is 13.0. The van der Waals surface area contributed by atoms with Crippen molar-refractivity contribution in [2.45, 2.75) is 13.1 Å².